The zero-order chi connectivity index (χ0) is 24.1. The van der Waals surface area contributed by atoms with Crippen LogP contribution in [0.3, 0.4) is 0 Å². The first-order valence-corrected chi connectivity index (χ1v) is 12.1. The molecule has 1 heterocycles. The van der Waals surface area contributed by atoms with Crippen molar-refractivity contribution in [3.05, 3.63) is 69.2 Å². The van der Waals surface area contributed by atoms with E-state index in [9.17, 15) is 14.0 Å². The Kier molecular flexibility index (Phi) is 8.50. The van der Waals surface area contributed by atoms with Gasteiger partial charge in [0.05, 0.1) is 17.5 Å². The van der Waals surface area contributed by atoms with Crippen molar-refractivity contribution in [2.45, 2.75) is 25.0 Å². The lowest BCUT2D eigenvalue weighted by atomic mass is 10.0. The summed E-state index contributed by atoms with van der Waals surface area (Å²) in [5.74, 6) is -0.536. The number of hydrogen-bond acceptors (Lipinski definition) is 5. The summed E-state index contributed by atoms with van der Waals surface area (Å²) in [6.45, 7) is 3.93. The maximum atomic E-state index is 13.9. The molecule has 2 aromatic carbocycles. The summed E-state index contributed by atoms with van der Waals surface area (Å²) in [5, 5.41) is 15.0. The fourth-order valence-electron chi connectivity index (χ4n) is 2.99. The molecule has 0 unspecified atom stereocenters. The van der Waals surface area contributed by atoms with Crippen molar-refractivity contribution in [3.8, 4) is 0 Å². The molecule has 3 aromatic rings. The minimum atomic E-state index is -0.528. The lowest BCUT2D eigenvalue weighted by Gasteiger charge is -2.21. The Balaban J connectivity index is 1.66. The molecule has 0 saturated carbocycles. The number of carbonyl (C=O) groups excluding carboxylic acids is 2. The van der Waals surface area contributed by atoms with Gasteiger partial charge in [-0.2, -0.15) is 0 Å². The Morgan fingerprint density at radius 2 is 1.88 bits per heavy atom. The predicted molar refractivity (Wildman–Crippen MR) is 131 cm³/mol. The van der Waals surface area contributed by atoms with Crippen LogP contribution >= 0.6 is 39.3 Å². The second-order valence-electron chi connectivity index (χ2n) is 7.56. The van der Waals surface area contributed by atoms with Crippen molar-refractivity contribution in [2.24, 2.45) is 13.0 Å². The summed E-state index contributed by atoms with van der Waals surface area (Å²) in [4.78, 5) is 25.0. The van der Waals surface area contributed by atoms with E-state index in [0.717, 1.165) is 0 Å². The van der Waals surface area contributed by atoms with Crippen LogP contribution in [0.25, 0.3) is 0 Å². The second-order valence-corrected chi connectivity index (χ2v) is 9.86. The van der Waals surface area contributed by atoms with Gasteiger partial charge >= 0.3 is 0 Å². The monoisotopic (exact) mass is 553 g/mol. The molecule has 0 aliphatic carbocycles. The molecule has 2 N–H and O–H groups in total. The van der Waals surface area contributed by atoms with Crippen molar-refractivity contribution in [2.75, 3.05) is 11.1 Å². The number of hydrogen-bond donors (Lipinski definition) is 2. The summed E-state index contributed by atoms with van der Waals surface area (Å²) < 4.78 is 16.3. The van der Waals surface area contributed by atoms with Crippen LogP contribution in [0.2, 0.25) is 5.02 Å². The average Bonchev–Trinajstić information content (AvgIpc) is 3.12. The number of thioether (sulfide) groups is 1. The Labute approximate surface area is 208 Å². The molecule has 0 radical (unpaired) electrons. The van der Waals surface area contributed by atoms with E-state index < -0.39 is 11.9 Å². The van der Waals surface area contributed by atoms with Crippen LogP contribution < -0.4 is 10.6 Å². The van der Waals surface area contributed by atoms with Gasteiger partial charge in [0.2, 0.25) is 5.91 Å². The largest absolute Gasteiger partial charge is 0.342 e. The smallest absolute Gasteiger partial charge is 0.251 e. The zero-order valence-electron chi connectivity index (χ0n) is 18.1. The quantitative estimate of drug-likeness (QED) is 0.372. The molecule has 0 spiro atoms. The molecule has 11 heteroatoms. The number of aromatic nitrogens is 3. The maximum Gasteiger partial charge on any atom is 0.251 e. The number of anilines is 1. The van der Waals surface area contributed by atoms with E-state index in [4.69, 9.17) is 11.6 Å². The fourth-order valence-corrected chi connectivity index (χ4v) is 4.16. The molecular formula is C22H22BrClFN5O2S. The van der Waals surface area contributed by atoms with Gasteiger partial charge in [0, 0.05) is 22.1 Å². The minimum Gasteiger partial charge on any atom is -0.342 e. The highest BCUT2D eigenvalue weighted by molar-refractivity contribution is 9.10. The average molecular weight is 555 g/mol. The number of nitrogens with one attached hydrogen (secondary N) is 2. The number of benzene rings is 2. The summed E-state index contributed by atoms with van der Waals surface area (Å²) in [5.41, 5.74) is 0.589. The van der Waals surface area contributed by atoms with Crippen LogP contribution in [0.4, 0.5) is 10.1 Å². The summed E-state index contributed by atoms with van der Waals surface area (Å²) in [6, 6.07) is 10.6. The number of halogens is 3. The SMILES string of the molecule is CC(C)[C@H](NC(=O)c1ccc(Cl)cc1)c1nnc(SCC(=O)Nc2ccc(Br)cc2F)n1C. The highest BCUT2D eigenvalue weighted by Gasteiger charge is 2.25. The maximum absolute atomic E-state index is 13.9. The van der Waals surface area contributed by atoms with Gasteiger partial charge < -0.3 is 15.2 Å². The van der Waals surface area contributed by atoms with Gasteiger partial charge in [-0.3, -0.25) is 9.59 Å². The van der Waals surface area contributed by atoms with Gasteiger partial charge in [-0.1, -0.05) is 53.1 Å². The topological polar surface area (TPSA) is 88.9 Å². The number of nitrogens with zero attached hydrogens (tertiary/aromatic N) is 3. The van der Waals surface area contributed by atoms with Crippen LogP contribution in [0.5, 0.6) is 0 Å². The zero-order valence-corrected chi connectivity index (χ0v) is 21.3. The third-order valence-electron chi connectivity index (χ3n) is 4.74. The Bertz CT molecular complexity index is 1160. The standard InChI is InChI=1S/C22H22BrClFN5O2S/c1-12(2)19(27-21(32)13-4-7-15(24)8-5-13)20-28-29-22(30(20)3)33-11-18(31)26-17-9-6-14(23)10-16(17)25/h4-10,12,19H,11H2,1-3H3,(H,26,31)(H,27,32)/t19-/m0/s1. The molecule has 2 amide bonds. The Morgan fingerprint density at radius 1 is 1.18 bits per heavy atom. The molecule has 1 atom stereocenters. The molecule has 7 nitrogen and oxygen atoms in total. The van der Waals surface area contributed by atoms with E-state index in [1.807, 2.05) is 13.8 Å². The molecule has 3 rings (SSSR count). The summed E-state index contributed by atoms with van der Waals surface area (Å²) in [6.07, 6.45) is 0. The molecule has 1 aromatic heterocycles. The third kappa shape index (κ3) is 6.55. The molecule has 174 valence electrons. The van der Waals surface area contributed by atoms with Gasteiger partial charge in [0.15, 0.2) is 11.0 Å². The van der Waals surface area contributed by atoms with E-state index in [1.165, 1.54) is 23.9 Å². The van der Waals surface area contributed by atoms with E-state index in [2.05, 4.69) is 36.8 Å². The highest BCUT2D eigenvalue weighted by Crippen LogP contribution is 2.25. The first-order valence-electron chi connectivity index (χ1n) is 9.99. The van der Waals surface area contributed by atoms with Gasteiger partial charge in [-0.25, -0.2) is 4.39 Å². The van der Waals surface area contributed by atoms with E-state index in [1.54, 1.807) is 41.9 Å². The van der Waals surface area contributed by atoms with Crippen LogP contribution in [-0.4, -0.2) is 32.3 Å². The van der Waals surface area contributed by atoms with Gasteiger partial charge in [-0.15, -0.1) is 10.2 Å². The molecule has 0 aliphatic rings. The molecule has 0 bridgehead atoms. The highest BCUT2D eigenvalue weighted by atomic mass is 79.9. The predicted octanol–water partition coefficient (Wildman–Crippen LogP) is 5.23. The van der Waals surface area contributed by atoms with Gasteiger partial charge in [-0.05, 0) is 48.4 Å². The molecule has 33 heavy (non-hydrogen) atoms. The van der Waals surface area contributed by atoms with Crippen molar-refractivity contribution >= 4 is 56.8 Å². The normalized spacial score (nSPS) is 12.0. The Hall–Kier alpha value is -2.43. The third-order valence-corrected chi connectivity index (χ3v) is 6.51. The molecular weight excluding hydrogens is 533 g/mol. The molecule has 0 saturated heterocycles. The first kappa shape index (κ1) is 25.2. The number of carbonyl (C=O) groups is 2. The lowest BCUT2D eigenvalue weighted by Crippen LogP contribution is -2.33. The molecule has 0 fully saturated rings. The van der Waals surface area contributed by atoms with Crippen LogP contribution in [0.1, 0.15) is 36.1 Å². The first-order chi connectivity index (χ1) is 15.7. The fraction of sp³-hybridized carbons (Fsp3) is 0.273. The van der Waals surface area contributed by atoms with E-state index >= 15 is 0 Å². The second kappa shape index (κ2) is 11.1. The van der Waals surface area contributed by atoms with Gasteiger partial charge in [0.1, 0.15) is 5.82 Å². The molecule has 0 aliphatic heterocycles. The number of rotatable bonds is 8. The minimum absolute atomic E-state index is 0.0188. The van der Waals surface area contributed by atoms with Crippen LogP contribution in [0.15, 0.2) is 52.1 Å². The lowest BCUT2D eigenvalue weighted by molar-refractivity contribution is -0.113. The van der Waals surface area contributed by atoms with E-state index in [-0.39, 0.29) is 29.2 Å². The number of amides is 2. The van der Waals surface area contributed by atoms with Crippen molar-refractivity contribution < 1.29 is 14.0 Å². The van der Waals surface area contributed by atoms with Crippen molar-refractivity contribution in [1.82, 2.24) is 20.1 Å². The van der Waals surface area contributed by atoms with Crippen LogP contribution in [-0.2, 0) is 11.8 Å². The van der Waals surface area contributed by atoms with E-state index in [0.29, 0.717) is 26.0 Å². The Morgan fingerprint density at radius 3 is 2.52 bits per heavy atom. The summed E-state index contributed by atoms with van der Waals surface area (Å²) >= 11 is 10.2. The van der Waals surface area contributed by atoms with Crippen molar-refractivity contribution in [3.63, 3.8) is 0 Å². The van der Waals surface area contributed by atoms with Crippen LogP contribution in [0, 0.1) is 11.7 Å². The summed E-state index contributed by atoms with van der Waals surface area (Å²) in [7, 11) is 1.77. The van der Waals surface area contributed by atoms with Gasteiger partial charge in [0.25, 0.3) is 5.91 Å². The van der Waals surface area contributed by atoms with Crippen molar-refractivity contribution in [1.29, 1.82) is 0 Å².